The number of hydrogen-bond acceptors (Lipinski definition) is 8. The average Bonchev–Trinajstić information content (AvgIpc) is 2.77. The number of methoxy groups -OCH3 is 1. The highest BCUT2D eigenvalue weighted by atomic mass is 32.2. The summed E-state index contributed by atoms with van der Waals surface area (Å²) in [6, 6.07) is 10.6. The molecule has 0 aromatic heterocycles. The zero-order valence-electron chi connectivity index (χ0n) is 16.4. The van der Waals surface area contributed by atoms with E-state index in [-0.39, 0.29) is 50.2 Å². The van der Waals surface area contributed by atoms with E-state index in [2.05, 4.69) is 0 Å². The predicted molar refractivity (Wildman–Crippen MR) is 107 cm³/mol. The minimum Gasteiger partial charge on any atom is -0.497 e. The molecule has 0 bridgehead atoms. The Bertz CT molecular complexity index is 973. The second-order valence-electron chi connectivity index (χ2n) is 6.28. The van der Waals surface area contributed by atoms with Crippen LogP contribution >= 0.6 is 0 Å². The maximum atomic E-state index is 12.7. The molecule has 0 radical (unpaired) electrons. The quantitative estimate of drug-likeness (QED) is 0.332. The van der Waals surface area contributed by atoms with Crippen LogP contribution in [0.4, 0.5) is 5.69 Å². The molecule has 1 fully saturated rings. The number of ether oxygens (including phenoxy) is 4. The van der Waals surface area contributed by atoms with Gasteiger partial charge in [0, 0.05) is 19.2 Å². The first-order chi connectivity index (χ1) is 14.4. The zero-order chi connectivity index (χ0) is 21.6. The summed E-state index contributed by atoms with van der Waals surface area (Å²) in [5.41, 5.74) is -0.422. The van der Waals surface area contributed by atoms with E-state index in [4.69, 9.17) is 18.9 Å². The van der Waals surface area contributed by atoms with E-state index in [0.29, 0.717) is 11.5 Å². The summed E-state index contributed by atoms with van der Waals surface area (Å²) < 4.78 is 47.9. The smallest absolute Gasteiger partial charge is 0.312 e. The molecule has 0 atom stereocenters. The van der Waals surface area contributed by atoms with Gasteiger partial charge in [-0.2, -0.15) is 4.31 Å². The molecule has 0 N–H and O–H groups in total. The summed E-state index contributed by atoms with van der Waals surface area (Å²) in [6.45, 7) is 1.18. The molecule has 0 amide bonds. The predicted octanol–water partition coefficient (Wildman–Crippen LogP) is 2.08. The van der Waals surface area contributed by atoms with Crippen molar-refractivity contribution in [3.8, 4) is 17.2 Å². The highest BCUT2D eigenvalue weighted by Gasteiger charge is 2.29. The Morgan fingerprint density at radius 1 is 1.03 bits per heavy atom. The van der Waals surface area contributed by atoms with Crippen LogP contribution in [0.15, 0.2) is 47.4 Å². The standard InChI is InChI=1S/C19H22N2O8S/c1-26-15-2-4-16(5-3-15)28-12-13-29-19-7-6-17(14-18(19)21(22)23)30(24,25)20-8-10-27-11-9-20/h2-7,14H,8-13H2,1H3. The summed E-state index contributed by atoms with van der Waals surface area (Å²) in [5.74, 6) is 1.27. The van der Waals surface area contributed by atoms with Crippen molar-refractivity contribution in [1.82, 2.24) is 4.31 Å². The monoisotopic (exact) mass is 438 g/mol. The minimum atomic E-state index is -3.84. The van der Waals surface area contributed by atoms with Crippen molar-refractivity contribution in [2.24, 2.45) is 0 Å². The van der Waals surface area contributed by atoms with Gasteiger partial charge in [0.25, 0.3) is 0 Å². The maximum Gasteiger partial charge on any atom is 0.312 e. The first-order valence-corrected chi connectivity index (χ1v) is 10.6. The van der Waals surface area contributed by atoms with E-state index in [0.717, 1.165) is 6.07 Å². The summed E-state index contributed by atoms with van der Waals surface area (Å²) >= 11 is 0. The van der Waals surface area contributed by atoms with Gasteiger partial charge in [0.05, 0.1) is 30.1 Å². The van der Waals surface area contributed by atoms with E-state index in [1.807, 2.05) is 0 Å². The molecule has 2 aromatic rings. The van der Waals surface area contributed by atoms with Crippen molar-refractivity contribution >= 4 is 15.7 Å². The number of morpholine rings is 1. The molecule has 0 aliphatic carbocycles. The Labute approximate surface area is 174 Å². The molecule has 0 spiro atoms. The molecule has 1 heterocycles. The molecule has 1 aliphatic rings. The molecule has 0 saturated carbocycles. The lowest BCUT2D eigenvalue weighted by molar-refractivity contribution is -0.386. The van der Waals surface area contributed by atoms with E-state index in [1.165, 1.54) is 16.4 Å². The Morgan fingerprint density at radius 3 is 2.30 bits per heavy atom. The second kappa shape index (κ2) is 9.74. The molecular formula is C19H22N2O8S. The van der Waals surface area contributed by atoms with E-state index in [1.54, 1.807) is 31.4 Å². The van der Waals surface area contributed by atoms with Gasteiger partial charge in [-0.1, -0.05) is 0 Å². The van der Waals surface area contributed by atoms with Gasteiger partial charge < -0.3 is 18.9 Å². The first kappa shape index (κ1) is 21.8. The maximum absolute atomic E-state index is 12.7. The topological polar surface area (TPSA) is 117 Å². The third-order valence-electron chi connectivity index (χ3n) is 4.40. The van der Waals surface area contributed by atoms with E-state index < -0.39 is 20.6 Å². The summed E-state index contributed by atoms with van der Waals surface area (Å²) in [5, 5.41) is 11.4. The Hall–Kier alpha value is -2.89. The van der Waals surface area contributed by atoms with Crippen molar-refractivity contribution in [3.63, 3.8) is 0 Å². The Kier molecular flexibility index (Phi) is 7.08. The van der Waals surface area contributed by atoms with Gasteiger partial charge >= 0.3 is 5.69 Å². The van der Waals surface area contributed by atoms with Crippen molar-refractivity contribution in [2.75, 3.05) is 46.6 Å². The Morgan fingerprint density at radius 2 is 1.67 bits per heavy atom. The zero-order valence-corrected chi connectivity index (χ0v) is 17.2. The van der Waals surface area contributed by atoms with Gasteiger partial charge in [0.2, 0.25) is 10.0 Å². The van der Waals surface area contributed by atoms with Gasteiger partial charge in [0.15, 0.2) is 5.75 Å². The average molecular weight is 438 g/mol. The van der Waals surface area contributed by atoms with Crippen molar-refractivity contribution in [2.45, 2.75) is 4.90 Å². The van der Waals surface area contributed by atoms with Crippen LogP contribution in [0.2, 0.25) is 0 Å². The van der Waals surface area contributed by atoms with Crippen LogP contribution in [0.3, 0.4) is 0 Å². The van der Waals surface area contributed by atoms with Crippen LogP contribution in [0.1, 0.15) is 0 Å². The number of nitro benzene ring substituents is 1. The van der Waals surface area contributed by atoms with Crippen LogP contribution in [0.5, 0.6) is 17.2 Å². The number of benzene rings is 2. The van der Waals surface area contributed by atoms with Crippen LogP contribution in [-0.2, 0) is 14.8 Å². The SMILES string of the molecule is COc1ccc(OCCOc2ccc(S(=O)(=O)N3CCOCC3)cc2[N+](=O)[O-])cc1. The van der Waals surface area contributed by atoms with Crippen LogP contribution in [-0.4, -0.2) is 64.3 Å². The number of sulfonamides is 1. The molecule has 30 heavy (non-hydrogen) atoms. The fourth-order valence-corrected chi connectivity index (χ4v) is 4.27. The molecule has 0 unspecified atom stereocenters. The van der Waals surface area contributed by atoms with Crippen LogP contribution < -0.4 is 14.2 Å². The Balaban J connectivity index is 1.65. The molecule has 11 heteroatoms. The molecule has 1 saturated heterocycles. The molecule has 1 aliphatic heterocycles. The highest BCUT2D eigenvalue weighted by Crippen LogP contribution is 2.31. The number of rotatable bonds is 9. The van der Waals surface area contributed by atoms with Crippen molar-refractivity contribution in [1.29, 1.82) is 0 Å². The first-order valence-electron chi connectivity index (χ1n) is 9.18. The molecule has 162 valence electrons. The van der Waals surface area contributed by atoms with E-state index in [9.17, 15) is 18.5 Å². The highest BCUT2D eigenvalue weighted by molar-refractivity contribution is 7.89. The normalized spacial score (nSPS) is 14.8. The van der Waals surface area contributed by atoms with Crippen LogP contribution in [0.25, 0.3) is 0 Å². The largest absolute Gasteiger partial charge is 0.497 e. The number of nitro groups is 1. The molecule has 3 rings (SSSR count). The second-order valence-corrected chi connectivity index (χ2v) is 8.21. The fourth-order valence-electron chi connectivity index (χ4n) is 2.84. The van der Waals surface area contributed by atoms with Gasteiger partial charge in [0.1, 0.15) is 24.7 Å². The van der Waals surface area contributed by atoms with Gasteiger partial charge in [-0.25, -0.2) is 8.42 Å². The third kappa shape index (κ3) is 5.17. The third-order valence-corrected chi connectivity index (χ3v) is 6.30. The molecule has 2 aromatic carbocycles. The molecular weight excluding hydrogens is 416 g/mol. The summed E-state index contributed by atoms with van der Waals surface area (Å²) in [7, 11) is -2.28. The lowest BCUT2D eigenvalue weighted by atomic mass is 10.3. The number of hydrogen-bond donors (Lipinski definition) is 0. The van der Waals surface area contributed by atoms with Crippen molar-refractivity contribution < 1.29 is 32.3 Å². The van der Waals surface area contributed by atoms with Gasteiger partial charge in [-0.3, -0.25) is 10.1 Å². The lowest BCUT2D eigenvalue weighted by Crippen LogP contribution is -2.40. The van der Waals surface area contributed by atoms with E-state index >= 15 is 0 Å². The summed E-state index contributed by atoms with van der Waals surface area (Å²) in [6.07, 6.45) is 0. The van der Waals surface area contributed by atoms with Crippen molar-refractivity contribution in [3.05, 3.63) is 52.6 Å². The summed E-state index contributed by atoms with van der Waals surface area (Å²) in [4.78, 5) is 10.6. The van der Waals surface area contributed by atoms with Gasteiger partial charge in [-0.05, 0) is 36.4 Å². The van der Waals surface area contributed by atoms with Crippen LogP contribution in [0, 0.1) is 10.1 Å². The molecule has 10 nitrogen and oxygen atoms in total. The minimum absolute atomic E-state index is 0.0285. The fraction of sp³-hybridized carbons (Fsp3) is 0.368. The van der Waals surface area contributed by atoms with Gasteiger partial charge in [-0.15, -0.1) is 0 Å². The lowest BCUT2D eigenvalue weighted by Gasteiger charge is -2.26. The number of nitrogens with zero attached hydrogens (tertiary/aromatic N) is 2.